The molecule has 4 nitrogen and oxygen atoms in total. The first-order valence-electron chi connectivity index (χ1n) is 12.3. The molecule has 3 aromatic rings. The van der Waals surface area contributed by atoms with Gasteiger partial charge in [-0.1, -0.05) is 54.4 Å². The van der Waals surface area contributed by atoms with Crippen LogP contribution in [0.1, 0.15) is 51.8 Å². The molecule has 0 spiro atoms. The zero-order chi connectivity index (χ0) is 25.1. The van der Waals surface area contributed by atoms with Gasteiger partial charge >= 0.3 is 0 Å². The zero-order valence-corrected chi connectivity index (χ0v) is 22.2. The van der Waals surface area contributed by atoms with E-state index in [1.807, 2.05) is 0 Å². The average Bonchev–Trinajstić information content (AvgIpc) is 3.71. The van der Waals surface area contributed by atoms with E-state index < -0.39 is 11.7 Å². The van der Waals surface area contributed by atoms with E-state index in [0.717, 1.165) is 31.5 Å². The first-order chi connectivity index (χ1) is 17.6. The number of ether oxygens (including phenoxy) is 1. The Kier molecular flexibility index (Phi) is 7.89. The van der Waals surface area contributed by atoms with Crippen molar-refractivity contribution in [3.63, 3.8) is 0 Å². The molecule has 0 aromatic heterocycles. The van der Waals surface area contributed by atoms with Gasteiger partial charge in [-0.3, -0.25) is 14.4 Å². The van der Waals surface area contributed by atoms with E-state index in [0.29, 0.717) is 24.2 Å². The summed E-state index contributed by atoms with van der Waals surface area (Å²) in [5, 5.41) is 0. The number of benzene rings is 3. The topological polar surface area (TPSA) is 41.6 Å². The Hall–Kier alpha value is -2.48. The van der Waals surface area contributed by atoms with Gasteiger partial charge in [0.25, 0.3) is 5.91 Å². The van der Waals surface area contributed by atoms with E-state index >= 15 is 0 Å². The normalized spacial score (nSPS) is 16.9. The SMILES string of the molecule is CSNC(=O)c1cc(C2CC2)c(OCC2CN([C@@H](c3ccccc3)c3ccc(SC)cc3)C2)cc1F. The molecule has 188 valence electrons. The van der Waals surface area contributed by atoms with Crippen molar-refractivity contribution in [2.24, 2.45) is 5.92 Å². The number of hydrogen-bond donors (Lipinski definition) is 1. The number of amides is 1. The second-order valence-corrected chi connectivity index (χ2v) is 11.0. The van der Waals surface area contributed by atoms with Gasteiger partial charge in [0.05, 0.1) is 18.2 Å². The lowest BCUT2D eigenvalue weighted by atomic mass is 9.90. The fourth-order valence-corrected chi connectivity index (χ4v) is 5.60. The minimum Gasteiger partial charge on any atom is -0.493 e. The Morgan fingerprint density at radius 1 is 1.06 bits per heavy atom. The van der Waals surface area contributed by atoms with Crippen LogP contribution in [0.25, 0.3) is 0 Å². The Morgan fingerprint density at radius 2 is 1.75 bits per heavy atom. The van der Waals surface area contributed by atoms with E-state index in [2.05, 4.69) is 70.5 Å². The van der Waals surface area contributed by atoms with Crippen molar-refractivity contribution >= 4 is 29.6 Å². The molecule has 36 heavy (non-hydrogen) atoms. The second-order valence-electron chi connectivity index (χ2n) is 9.50. The van der Waals surface area contributed by atoms with E-state index in [-0.39, 0.29) is 11.6 Å². The van der Waals surface area contributed by atoms with Crippen LogP contribution < -0.4 is 9.46 Å². The molecular formula is C29H31FN2O2S2. The van der Waals surface area contributed by atoms with Crippen LogP contribution in [-0.4, -0.2) is 43.0 Å². The molecule has 2 aliphatic rings. The standard InChI is InChI=1S/C29H31FN2O2S2/c1-35-23-12-10-22(11-13-23)28(21-6-4-3-5-7-21)32-16-19(17-32)18-34-27-15-26(30)25(29(33)31-36-2)14-24(27)20-8-9-20/h3-7,10-15,19-20,28H,8-9,16-18H2,1-2H3,(H,31,33)/t28-/m0/s1. The van der Waals surface area contributed by atoms with Crippen molar-refractivity contribution in [3.05, 3.63) is 94.8 Å². The van der Waals surface area contributed by atoms with Gasteiger partial charge in [-0.25, -0.2) is 4.39 Å². The van der Waals surface area contributed by atoms with E-state index in [1.54, 1.807) is 24.1 Å². The molecule has 1 heterocycles. The summed E-state index contributed by atoms with van der Waals surface area (Å²) in [7, 11) is 0. The third-order valence-electron chi connectivity index (χ3n) is 6.93. The van der Waals surface area contributed by atoms with E-state index in [1.165, 1.54) is 34.0 Å². The molecule has 7 heteroatoms. The molecule has 1 aliphatic heterocycles. The molecule has 1 saturated heterocycles. The highest BCUT2D eigenvalue weighted by Gasteiger charge is 2.35. The fraction of sp³-hybridized carbons (Fsp3) is 0.345. The molecule has 0 unspecified atom stereocenters. The summed E-state index contributed by atoms with van der Waals surface area (Å²) in [6, 6.07) is 22.7. The van der Waals surface area contributed by atoms with Crippen molar-refractivity contribution in [3.8, 4) is 5.75 Å². The van der Waals surface area contributed by atoms with Crippen LogP contribution in [0.15, 0.2) is 71.6 Å². The summed E-state index contributed by atoms with van der Waals surface area (Å²) >= 11 is 2.92. The van der Waals surface area contributed by atoms with Crippen LogP contribution in [0.2, 0.25) is 0 Å². The molecule has 3 aromatic carbocycles. The van der Waals surface area contributed by atoms with Crippen molar-refractivity contribution in [2.45, 2.75) is 29.7 Å². The Labute approximate surface area is 221 Å². The van der Waals surface area contributed by atoms with Gasteiger partial charge in [0.2, 0.25) is 0 Å². The number of carbonyl (C=O) groups excluding carboxylic acids is 1. The van der Waals surface area contributed by atoms with Crippen molar-refractivity contribution < 1.29 is 13.9 Å². The molecule has 1 atom stereocenters. The van der Waals surface area contributed by atoms with Gasteiger partial charge in [0.15, 0.2) is 0 Å². The fourth-order valence-electron chi connectivity index (χ4n) is 4.90. The number of halogens is 1. The molecule has 1 aliphatic carbocycles. The highest BCUT2D eigenvalue weighted by Crippen LogP contribution is 2.45. The van der Waals surface area contributed by atoms with Gasteiger partial charge in [0, 0.05) is 36.2 Å². The van der Waals surface area contributed by atoms with Crippen molar-refractivity contribution in [1.82, 2.24) is 9.62 Å². The second kappa shape index (κ2) is 11.3. The largest absolute Gasteiger partial charge is 0.493 e. The maximum absolute atomic E-state index is 14.7. The summed E-state index contributed by atoms with van der Waals surface area (Å²) in [4.78, 5) is 16.0. The summed E-state index contributed by atoms with van der Waals surface area (Å²) < 4.78 is 23.5. The third-order valence-corrected chi connectivity index (χ3v) is 8.06. The monoisotopic (exact) mass is 522 g/mol. The lowest BCUT2D eigenvalue weighted by Crippen LogP contribution is -2.51. The molecular weight excluding hydrogens is 491 g/mol. The van der Waals surface area contributed by atoms with Crippen LogP contribution in [0, 0.1) is 11.7 Å². The number of carbonyl (C=O) groups is 1. The van der Waals surface area contributed by atoms with Gasteiger partial charge in [-0.05, 0) is 59.9 Å². The first-order valence-corrected chi connectivity index (χ1v) is 14.7. The van der Waals surface area contributed by atoms with Crippen molar-refractivity contribution in [1.29, 1.82) is 0 Å². The lowest BCUT2D eigenvalue weighted by Gasteiger charge is -2.44. The van der Waals surface area contributed by atoms with Crippen LogP contribution in [-0.2, 0) is 0 Å². The van der Waals surface area contributed by atoms with Gasteiger partial charge in [-0.15, -0.1) is 11.8 Å². The maximum atomic E-state index is 14.7. The molecule has 0 radical (unpaired) electrons. The molecule has 0 bridgehead atoms. The van der Waals surface area contributed by atoms with Gasteiger partial charge < -0.3 is 4.74 Å². The van der Waals surface area contributed by atoms with E-state index in [4.69, 9.17) is 4.74 Å². The summed E-state index contributed by atoms with van der Waals surface area (Å²) in [5.74, 6) is 0.373. The number of nitrogens with zero attached hydrogens (tertiary/aromatic N) is 1. The van der Waals surface area contributed by atoms with Gasteiger partial charge in [-0.2, -0.15) is 0 Å². The third kappa shape index (κ3) is 5.58. The average molecular weight is 523 g/mol. The van der Waals surface area contributed by atoms with Gasteiger partial charge in [0.1, 0.15) is 11.6 Å². The molecule has 1 N–H and O–H groups in total. The predicted octanol–water partition coefficient (Wildman–Crippen LogP) is 6.53. The molecule has 2 fully saturated rings. The molecule has 1 amide bonds. The summed E-state index contributed by atoms with van der Waals surface area (Å²) in [6.07, 6.45) is 5.95. The highest BCUT2D eigenvalue weighted by atomic mass is 32.2. The highest BCUT2D eigenvalue weighted by molar-refractivity contribution is 7.98. The number of nitrogens with one attached hydrogen (secondary N) is 1. The van der Waals surface area contributed by atoms with E-state index in [9.17, 15) is 9.18 Å². The van der Waals surface area contributed by atoms with Crippen molar-refractivity contribution in [2.75, 3.05) is 32.2 Å². The Morgan fingerprint density at radius 3 is 2.39 bits per heavy atom. The number of rotatable bonds is 10. The number of likely N-dealkylation sites (tertiary alicyclic amines) is 1. The van der Waals surface area contributed by atoms with Crippen LogP contribution in [0.4, 0.5) is 4.39 Å². The minimum atomic E-state index is -0.533. The summed E-state index contributed by atoms with van der Waals surface area (Å²) in [5.41, 5.74) is 3.61. The predicted molar refractivity (Wildman–Crippen MR) is 146 cm³/mol. The van der Waals surface area contributed by atoms with Crippen LogP contribution >= 0.6 is 23.7 Å². The Bertz CT molecular complexity index is 1200. The summed E-state index contributed by atoms with van der Waals surface area (Å²) in [6.45, 7) is 2.37. The number of thioether (sulfide) groups is 1. The lowest BCUT2D eigenvalue weighted by molar-refractivity contribution is 0.0375. The van der Waals surface area contributed by atoms with Crippen LogP contribution in [0.5, 0.6) is 5.75 Å². The molecule has 5 rings (SSSR count). The quantitative estimate of drug-likeness (QED) is 0.242. The maximum Gasteiger partial charge on any atom is 0.264 e. The van der Waals surface area contributed by atoms with Crippen LogP contribution in [0.3, 0.4) is 0 Å². The smallest absolute Gasteiger partial charge is 0.264 e. The zero-order valence-electron chi connectivity index (χ0n) is 20.6. The molecule has 1 saturated carbocycles. The minimum absolute atomic E-state index is 0.0895. The Balaban J connectivity index is 1.27. The number of hydrogen-bond acceptors (Lipinski definition) is 5. The first kappa shape index (κ1) is 25.2.